The van der Waals surface area contributed by atoms with E-state index in [-0.39, 0.29) is 0 Å². The Morgan fingerprint density at radius 2 is 1.22 bits per heavy atom. The van der Waals surface area contributed by atoms with Gasteiger partial charge in [0.2, 0.25) is 0 Å². The van der Waals surface area contributed by atoms with E-state index in [4.69, 9.17) is 4.98 Å². The fourth-order valence-corrected chi connectivity index (χ4v) is 2.81. The molecular formula is C21H16N2. The molecule has 0 aliphatic carbocycles. The van der Waals surface area contributed by atoms with Gasteiger partial charge in [-0.1, -0.05) is 54.6 Å². The molecule has 0 radical (unpaired) electrons. The summed E-state index contributed by atoms with van der Waals surface area (Å²) in [6, 6.07) is 26.7. The van der Waals surface area contributed by atoms with Gasteiger partial charge >= 0.3 is 0 Å². The van der Waals surface area contributed by atoms with Crippen molar-refractivity contribution >= 4 is 33.6 Å². The second kappa shape index (κ2) is 5.93. The third-order valence-corrected chi connectivity index (χ3v) is 3.90. The molecule has 4 aromatic rings. The van der Waals surface area contributed by atoms with E-state index in [1.165, 1.54) is 5.56 Å². The zero-order valence-electron chi connectivity index (χ0n) is 12.6. The third kappa shape index (κ3) is 2.67. The van der Waals surface area contributed by atoms with Crippen molar-refractivity contribution in [3.05, 3.63) is 90.6 Å². The maximum absolute atomic E-state index is 4.75. The first-order valence-corrected chi connectivity index (χ1v) is 7.67. The first-order chi connectivity index (χ1) is 11.4. The molecule has 3 aromatic carbocycles. The van der Waals surface area contributed by atoms with Crippen molar-refractivity contribution in [2.24, 2.45) is 0 Å². The predicted octanol–water partition coefficient (Wildman–Crippen LogP) is 5.47. The van der Waals surface area contributed by atoms with Gasteiger partial charge in [-0.25, -0.2) is 4.98 Å². The van der Waals surface area contributed by atoms with Crippen molar-refractivity contribution in [1.29, 1.82) is 0 Å². The van der Waals surface area contributed by atoms with Crippen LogP contribution in [0.5, 0.6) is 0 Å². The summed E-state index contributed by atoms with van der Waals surface area (Å²) in [6.07, 6.45) is 4.11. The molecule has 0 fully saturated rings. The summed E-state index contributed by atoms with van der Waals surface area (Å²) >= 11 is 0. The minimum absolute atomic E-state index is 1.02. The molecule has 0 saturated carbocycles. The molecule has 23 heavy (non-hydrogen) atoms. The molecule has 1 N–H and O–H groups in total. The Labute approximate surface area is 135 Å². The molecule has 0 unspecified atom stereocenters. The predicted molar refractivity (Wildman–Crippen MR) is 98.3 cm³/mol. The van der Waals surface area contributed by atoms with Crippen LogP contribution in [0.2, 0.25) is 0 Å². The van der Waals surface area contributed by atoms with E-state index >= 15 is 0 Å². The van der Waals surface area contributed by atoms with Gasteiger partial charge in [0.25, 0.3) is 0 Å². The minimum atomic E-state index is 1.02. The monoisotopic (exact) mass is 296 g/mol. The van der Waals surface area contributed by atoms with Crippen LogP contribution in [0.15, 0.2) is 85.1 Å². The lowest BCUT2D eigenvalue weighted by Gasteiger charge is -2.07. The number of pyridine rings is 1. The number of anilines is 1. The summed E-state index contributed by atoms with van der Waals surface area (Å²) < 4.78 is 0. The molecule has 2 nitrogen and oxygen atoms in total. The molecule has 1 aromatic heterocycles. The Morgan fingerprint density at radius 1 is 0.652 bits per heavy atom. The average molecular weight is 296 g/mol. The normalized spacial score (nSPS) is 11.3. The van der Waals surface area contributed by atoms with Gasteiger partial charge in [-0.15, -0.1) is 0 Å². The second-order valence-electron chi connectivity index (χ2n) is 5.40. The number of hydrogen-bond acceptors (Lipinski definition) is 2. The zero-order chi connectivity index (χ0) is 15.5. The molecule has 0 bridgehead atoms. The first kappa shape index (κ1) is 13.5. The van der Waals surface area contributed by atoms with Crippen LogP contribution in [0.3, 0.4) is 0 Å². The maximum atomic E-state index is 4.75. The van der Waals surface area contributed by atoms with Crippen molar-refractivity contribution < 1.29 is 0 Å². The maximum Gasteiger partial charge on any atom is 0.0715 e. The quantitative estimate of drug-likeness (QED) is 0.507. The van der Waals surface area contributed by atoms with Crippen molar-refractivity contribution in [2.75, 3.05) is 5.32 Å². The topological polar surface area (TPSA) is 24.9 Å². The molecule has 4 rings (SSSR count). The smallest absolute Gasteiger partial charge is 0.0715 e. The molecule has 1 heterocycles. The van der Waals surface area contributed by atoms with E-state index in [0.717, 1.165) is 27.5 Å². The van der Waals surface area contributed by atoms with Gasteiger partial charge in [-0.2, -0.15) is 0 Å². The lowest BCUT2D eigenvalue weighted by Crippen LogP contribution is -1.89. The van der Waals surface area contributed by atoms with E-state index in [9.17, 15) is 0 Å². The summed E-state index contributed by atoms with van der Waals surface area (Å²) in [5, 5.41) is 5.65. The van der Waals surface area contributed by atoms with Crippen LogP contribution < -0.4 is 5.32 Å². The van der Waals surface area contributed by atoms with Crippen LogP contribution in [0, 0.1) is 0 Å². The van der Waals surface area contributed by atoms with Gasteiger partial charge in [-0.3, -0.25) is 0 Å². The Balaban J connectivity index is 1.83. The van der Waals surface area contributed by atoms with Gasteiger partial charge < -0.3 is 5.32 Å². The highest BCUT2D eigenvalue weighted by Gasteiger charge is 2.05. The van der Waals surface area contributed by atoms with Crippen LogP contribution in [-0.2, 0) is 0 Å². The van der Waals surface area contributed by atoms with E-state index in [1.54, 1.807) is 0 Å². The van der Waals surface area contributed by atoms with Gasteiger partial charge in [0, 0.05) is 22.7 Å². The molecular weight excluding hydrogens is 280 g/mol. The number of nitrogens with zero attached hydrogens (tertiary/aromatic N) is 1. The van der Waals surface area contributed by atoms with Gasteiger partial charge in [-0.05, 0) is 35.9 Å². The number of hydrogen-bond donors (Lipinski definition) is 1. The fourth-order valence-electron chi connectivity index (χ4n) is 2.81. The lowest BCUT2D eigenvalue weighted by molar-refractivity contribution is 1.49. The van der Waals surface area contributed by atoms with E-state index in [1.807, 2.05) is 48.7 Å². The lowest BCUT2D eigenvalue weighted by atomic mass is 10.0. The van der Waals surface area contributed by atoms with Gasteiger partial charge in [0.05, 0.1) is 11.0 Å². The molecule has 0 amide bonds. The van der Waals surface area contributed by atoms with Gasteiger partial charge in [0.15, 0.2) is 0 Å². The Hall–Kier alpha value is -3.13. The van der Waals surface area contributed by atoms with Crippen LogP contribution in [0.4, 0.5) is 5.69 Å². The average Bonchev–Trinajstić information content (AvgIpc) is 2.62. The number of aromatic nitrogens is 1. The zero-order valence-corrected chi connectivity index (χ0v) is 12.6. The number of para-hydroxylation sites is 3. The summed E-state index contributed by atoms with van der Waals surface area (Å²) in [5.74, 6) is 0. The summed E-state index contributed by atoms with van der Waals surface area (Å²) in [4.78, 5) is 4.75. The van der Waals surface area contributed by atoms with Crippen molar-refractivity contribution in [3.8, 4) is 0 Å². The van der Waals surface area contributed by atoms with Crippen molar-refractivity contribution in [1.82, 2.24) is 4.98 Å². The molecule has 0 spiro atoms. The summed E-state index contributed by atoms with van der Waals surface area (Å²) in [5.41, 5.74) is 4.30. The van der Waals surface area contributed by atoms with Crippen molar-refractivity contribution in [2.45, 2.75) is 0 Å². The number of rotatable bonds is 3. The minimum Gasteiger partial charge on any atom is -0.362 e. The first-order valence-electron chi connectivity index (χ1n) is 7.67. The van der Waals surface area contributed by atoms with Crippen LogP contribution in [-0.4, -0.2) is 4.98 Å². The Bertz CT molecular complexity index is 934. The SMILES string of the molecule is C(=C\c1c2ccccc2nc2ccccc12)/Nc1ccccc1. The van der Waals surface area contributed by atoms with Crippen LogP contribution in [0.1, 0.15) is 5.56 Å². The van der Waals surface area contributed by atoms with Crippen LogP contribution in [0.25, 0.3) is 27.9 Å². The highest BCUT2D eigenvalue weighted by Crippen LogP contribution is 2.27. The highest BCUT2D eigenvalue weighted by atomic mass is 14.8. The third-order valence-electron chi connectivity index (χ3n) is 3.90. The van der Waals surface area contributed by atoms with E-state index in [0.29, 0.717) is 0 Å². The summed E-state index contributed by atoms with van der Waals surface area (Å²) in [7, 11) is 0. The molecule has 0 atom stereocenters. The number of benzene rings is 3. The van der Waals surface area contributed by atoms with Gasteiger partial charge in [0.1, 0.15) is 0 Å². The molecule has 0 saturated heterocycles. The number of fused-ring (bicyclic) bond motifs is 2. The molecule has 0 aliphatic heterocycles. The van der Waals surface area contributed by atoms with E-state index < -0.39 is 0 Å². The standard InChI is InChI=1S/C21H16N2/c1-2-8-16(9-3-1)22-15-14-17-18-10-4-6-12-20(18)23-21-13-7-5-11-19(17)21/h1-15,22H/b15-14+. The van der Waals surface area contributed by atoms with Crippen molar-refractivity contribution in [3.63, 3.8) is 0 Å². The summed E-state index contributed by atoms with van der Waals surface area (Å²) in [6.45, 7) is 0. The fraction of sp³-hybridized carbons (Fsp3) is 0. The van der Waals surface area contributed by atoms with E-state index in [2.05, 4.69) is 47.8 Å². The Kier molecular flexibility index (Phi) is 3.49. The van der Waals surface area contributed by atoms with Crippen LogP contribution >= 0.6 is 0 Å². The largest absolute Gasteiger partial charge is 0.362 e. The Morgan fingerprint density at radius 3 is 1.87 bits per heavy atom. The number of nitrogens with one attached hydrogen (secondary N) is 1. The highest BCUT2D eigenvalue weighted by molar-refractivity contribution is 6.02. The molecule has 110 valence electrons. The molecule has 0 aliphatic rings. The second-order valence-corrected chi connectivity index (χ2v) is 5.40. The molecule has 2 heteroatoms.